The molecule has 0 saturated heterocycles. The highest BCUT2D eigenvalue weighted by atomic mass is 15.3. The van der Waals surface area contributed by atoms with Gasteiger partial charge in [0.1, 0.15) is 0 Å². The first-order valence-electron chi connectivity index (χ1n) is 6.99. The van der Waals surface area contributed by atoms with E-state index in [0.29, 0.717) is 18.1 Å². The first-order valence-corrected chi connectivity index (χ1v) is 6.99. The van der Waals surface area contributed by atoms with Crippen molar-refractivity contribution in [2.75, 3.05) is 0 Å². The molecule has 2 N–H and O–H groups in total. The predicted octanol–water partition coefficient (Wildman–Crippen LogP) is 2.61. The van der Waals surface area contributed by atoms with Crippen LogP contribution >= 0.6 is 0 Å². The van der Waals surface area contributed by atoms with Gasteiger partial charge in [-0.05, 0) is 25.3 Å². The van der Waals surface area contributed by atoms with E-state index in [1.807, 2.05) is 0 Å². The lowest BCUT2D eigenvalue weighted by atomic mass is 9.92. The summed E-state index contributed by atoms with van der Waals surface area (Å²) in [5.41, 5.74) is 1.30. The maximum Gasteiger partial charge on any atom is 0.192 e. The minimum atomic E-state index is 0.303. The number of nitrogens with zero attached hydrogens (tertiary/aromatic N) is 1. The van der Waals surface area contributed by atoms with E-state index in [9.17, 15) is 0 Å². The van der Waals surface area contributed by atoms with Crippen molar-refractivity contribution in [2.24, 2.45) is 4.99 Å². The Balaban J connectivity index is 1.63. The second kappa shape index (κ2) is 5.01. The standard InChI is InChI=1S/C15H21N3/c1-11(12-7-3-2-4-8-12)16-15-17-13-9-5-6-10-14(13)18-15/h2-4,7-8,11,13-14H,5-6,9-10H2,1H3,(H2,16,17,18)/t11-,13+,14+/m0/s1. The van der Waals surface area contributed by atoms with E-state index in [2.05, 4.69) is 47.9 Å². The Morgan fingerprint density at radius 1 is 1.22 bits per heavy atom. The number of hydrogen-bond acceptors (Lipinski definition) is 3. The van der Waals surface area contributed by atoms with E-state index in [0.717, 1.165) is 5.96 Å². The average molecular weight is 243 g/mol. The summed E-state index contributed by atoms with van der Waals surface area (Å²) in [6.45, 7) is 2.18. The van der Waals surface area contributed by atoms with Gasteiger partial charge in [-0.1, -0.05) is 43.2 Å². The van der Waals surface area contributed by atoms with Crippen LogP contribution in [0.25, 0.3) is 0 Å². The highest BCUT2D eigenvalue weighted by molar-refractivity contribution is 5.82. The number of fused-ring (bicyclic) bond motifs is 1. The molecule has 1 aromatic carbocycles. The van der Waals surface area contributed by atoms with Gasteiger partial charge in [0.2, 0.25) is 0 Å². The lowest BCUT2D eigenvalue weighted by Crippen LogP contribution is -2.42. The fourth-order valence-electron chi connectivity index (χ4n) is 2.92. The third-order valence-electron chi connectivity index (χ3n) is 4.00. The van der Waals surface area contributed by atoms with Crippen LogP contribution in [0.15, 0.2) is 35.3 Å². The zero-order chi connectivity index (χ0) is 12.4. The van der Waals surface area contributed by atoms with Crippen LogP contribution in [-0.2, 0) is 0 Å². The molecule has 1 saturated carbocycles. The molecular formula is C15H21N3. The summed E-state index contributed by atoms with van der Waals surface area (Å²) in [5.74, 6) is 0.989. The molecule has 3 nitrogen and oxygen atoms in total. The van der Waals surface area contributed by atoms with Crippen molar-refractivity contribution in [1.29, 1.82) is 0 Å². The van der Waals surface area contributed by atoms with E-state index >= 15 is 0 Å². The maximum atomic E-state index is 4.77. The molecule has 3 atom stereocenters. The van der Waals surface area contributed by atoms with Crippen LogP contribution in [0.2, 0.25) is 0 Å². The molecule has 18 heavy (non-hydrogen) atoms. The van der Waals surface area contributed by atoms with Gasteiger partial charge in [-0.25, -0.2) is 4.99 Å². The third-order valence-corrected chi connectivity index (χ3v) is 4.00. The molecule has 1 aliphatic heterocycles. The SMILES string of the molecule is C[C@H](NC1=N[C@@H]2CCCC[C@H]2N1)c1ccccc1. The summed E-state index contributed by atoms with van der Waals surface area (Å²) < 4.78 is 0. The van der Waals surface area contributed by atoms with Gasteiger partial charge in [0.05, 0.1) is 18.1 Å². The molecule has 0 aromatic heterocycles. The molecule has 0 amide bonds. The summed E-state index contributed by atoms with van der Waals surface area (Å²) in [6, 6.07) is 11.9. The van der Waals surface area contributed by atoms with Gasteiger partial charge < -0.3 is 10.6 Å². The minimum absolute atomic E-state index is 0.303. The lowest BCUT2D eigenvalue weighted by molar-refractivity contribution is 0.384. The first-order chi connectivity index (χ1) is 8.83. The van der Waals surface area contributed by atoms with E-state index < -0.39 is 0 Å². The summed E-state index contributed by atoms with van der Waals surface area (Å²) in [5, 5.41) is 7.02. The van der Waals surface area contributed by atoms with Crippen LogP contribution in [0.5, 0.6) is 0 Å². The van der Waals surface area contributed by atoms with Crippen molar-refractivity contribution in [1.82, 2.24) is 10.6 Å². The van der Waals surface area contributed by atoms with Crippen LogP contribution in [0.3, 0.4) is 0 Å². The molecule has 3 heteroatoms. The second-order valence-corrected chi connectivity index (χ2v) is 5.36. The molecule has 1 aromatic rings. The van der Waals surface area contributed by atoms with Crippen molar-refractivity contribution in [3.8, 4) is 0 Å². The fraction of sp³-hybridized carbons (Fsp3) is 0.533. The molecule has 96 valence electrons. The van der Waals surface area contributed by atoms with Crippen molar-refractivity contribution < 1.29 is 0 Å². The normalized spacial score (nSPS) is 27.9. The first kappa shape index (κ1) is 11.6. The number of nitrogens with one attached hydrogen (secondary N) is 2. The topological polar surface area (TPSA) is 36.4 Å². The molecular weight excluding hydrogens is 222 g/mol. The summed E-state index contributed by atoms with van der Waals surface area (Å²) in [6.07, 6.45) is 5.17. The van der Waals surface area contributed by atoms with Gasteiger partial charge in [-0.2, -0.15) is 0 Å². The molecule has 2 aliphatic rings. The molecule has 0 radical (unpaired) electrons. The van der Waals surface area contributed by atoms with Gasteiger partial charge in [0, 0.05) is 0 Å². The number of hydrogen-bond donors (Lipinski definition) is 2. The largest absolute Gasteiger partial charge is 0.351 e. The van der Waals surface area contributed by atoms with Crippen LogP contribution in [0.4, 0.5) is 0 Å². The zero-order valence-electron chi connectivity index (χ0n) is 10.9. The average Bonchev–Trinajstić information content (AvgIpc) is 2.82. The van der Waals surface area contributed by atoms with Crippen LogP contribution in [-0.4, -0.2) is 18.0 Å². The molecule has 3 rings (SSSR count). The van der Waals surface area contributed by atoms with Crippen LogP contribution < -0.4 is 10.6 Å². The molecule has 1 fully saturated rings. The molecule has 1 aliphatic carbocycles. The van der Waals surface area contributed by atoms with Crippen molar-refractivity contribution in [2.45, 2.75) is 50.7 Å². The Labute approximate surface area is 109 Å². The van der Waals surface area contributed by atoms with E-state index in [4.69, 9.17) is 4.99 Å². The van der Waals surface area contributed by atoms with Gasteiger partial charge in [-0.15, -0.1) is 0 Å². The fourth-order valence-corrected chi connectivity index (χ4v) is 2.92. The van der Waals surface area contributed by atoms with E-state index in [1.54, 1.807) is 0 Å². The Hall–Kier alpha value is -1.51. The molecule has 0 spiro atoms. The van der Waals surface area contributed by atoms with Crippen molar-refractivity contribution >= 4 is 5.96 Å². The number of rotatable bonds is 2. The molecule has 0 unspecified atom stereocenters. The predicted molar refractivity (Wildman–Crippen MR) is 74.6 cm³/mol. The molecule has 0 bridgehead atoms. The quantitative estimate of drug-likeness (QED) is 0.837. The minimum Gasteiger partial charge on any atom is -0.351 e. The Morgan fingerprint density at radius 2 is 2.00 bits per heavy atom. The van der Waals surface area contributed by atoms with Crippen LogP contribution in [0.1, 0.15) is 44.2 Å². The maximum absolute atomic E-state index is 4.77. The monoisotopic (exact) mass is 243 g/mol. The molecule has 1 heterocycles. The summed E-state index contributed by atoms with van der Waals surface area (Å²) in [4.78, 5) is 4.77. The van der Waals surface area contributed by atoms with Crippen LogP contribution in [0, 0.1) is 0 Å². The Kier molecular flexibility index (Phi) is 3.22. The highest BCUT2D eigenvalue weighted by Gasteiger charge is 2.31. The van der Waals surface area contributed by atoms with Gasteiger partial charge >= 0.3 is 0 Å². The summed E-state index contributed by atoms with van der Waals surface area (Å²) in [7, 11) is 0. The van der Waals surface area contributed by atoms with E-state index in [1.165, 1.54) is 31.2 Å². The number of guanidine groups is 1. The third kappa shape index (κ3) is 2.35. The Bertz CT molecular complexity index is 427. The number of aliphatic imine (C=N–C) groups is 1. The van der Waals surface area contributed by atoms with Gasteiger partial charge in [-0.3, -0.25) is 0 Å². The van der Waals surface area contributed by atoms with Gasteiger partial charge in [0.15, 0.2) is 5.96 Å². The van der Waals surface area contributed by atoms with Crippen molar-refractivity contribution in [3.05, 3.63) is 35.9 Å². The Morgan fingerprint density at radius 3 is 2.78 bits per heavy atom. The lowest BCUT2D eigenvalue weighted by Gasteiger charge is -2.23. The highest BCUT2D eigenvalue weighted by Crippen LogP contribution is 2.24. The van der Waals surface area contributed by atoms with Gasteiger partial charge in [0.25, 0.3) is 0 Å². The van der Waals surface area contributed by atoms with E-state index in [-0.39, 0.29) is 0 Å². The number of benzene rings is 1. The summed E-state index contributed by atoms with van der Waals surface area (Å²) >= 11 is 0. The van der Waals surface area contributed by atoms with Crippen molar-refractivity contribution in [3.63, 3.8) is 0 Å². The smallest absolute Gasteiger partial charge is 0.192 e. The zero-order valence-corrected chi connectivity index (χ0v) is 10.9. The second-order valence-electron chi connectivity index (χ2n) is 5.36.